The van der Waals surface area contributed by atoms with E-state index in [1.807, 2.05) is 19.2 Å². The van der Waals surface area contributed by atoms with Gasteiger partial charge in [0.1, 0.15) is 0 Å². The van der Waals surface area contributed by atoms with Crippen LogP contribution in [-0.2, 0) is 7.05 Å². The highest BCUT2D eigenvalue weighted by Gasteiger charge is 2.06. The van der Waals surface area contributed by atoms with Crippen LogP contribution in [0.25, 0.3) is 11.4 Å². The minimum absolute atomic E-state index is 0.621. The molecular weight excluding hydrogens is 242 g/mol. The van der Waals surface area contributed by atoms with E-state index >= 15 is 0 Å². The zero-order chi connectivity index (χ0) is 10.1. The molecule has 0 spiro atoms. The van der Waals surface area contributed by atoms with Crippen LogP contribution >= 0.6 is 15.9 Å². The first kappa shape index (κ1) is 9.40. The van der Waals surface area contributed by atoms with E-state index in [9.17, 15) is 0 Å². The lowest BCUT2D eigenvalue weighted by atomic mass is 10.1. The Kier molecular flexibility index (Phi) is 2.37. The molecule has 0 radical (unpaired) electrons. The SMILES string of the molecule is Cc1ccc(-c2nc(Br)nn2C)cc1. The Hall–Kier alpha value is -1.16. The fourth-order valence-electron chi connectivity index (χ4n) is 1.31. The molecule has 0 amide bonds. The van der Waals surface area contributed by atoms with E-state index in [1.54, 1.807) is 4.68 Å². The monoisotopic (exact) mass is 251 g/mol. The van der Waals surface area contributed by atoms with Crippen molar-refractivity contribution in [1.29, 1.82) is 0 Å². The van der Waals surface area contributed by atoms with Crippen LogP contribution < -0.4 is 0 Å². The standard InChI is InChI=1S/C10H10BrN3/c1-7-3-5-8(6-4-7)9-12-10(11)13-14(9)2/h3-6H,1-2H3. The topological polar surface area (TPSA) is 30.7 Å². The predicted molar refractivity (Wildman–Crippen MR) is 58.9 cm³/mol. The first-order chi connectivity index (χ1) is 6.66. The molecule has 0 fully saturated rings. The lowest BCUT2D eigenvalue weighted by molar-refractivity contribution is 0.768. The van der Waals surface area contributed by atoms with E-state index < -0.39 is 0 Å². The van der Waals surface area contributed by atoms with Crippen molar-refractivity contribution >= 4 is 15.9 Å². The van der Waals surface area contributed by atoms with E-state index in [-0.39, 0.29) is 0 Å². The third kappa shape index (κ3) is 1.70. The zero-order valence-electron chi connectivity index (χ0n) is 8.03. The number of aryl methyl sites for hydroxylation is 2. The van der Waals surface area contributed by atoms with Crippen molar-refractivity contribution in [3.63, 3.8) is 0 Å². The van der Waals surface area contributed by atoms with Crippen molar-refractivity contribution in [3.05, 3.63) is 34.6 Å². The number of rotatable bonds is 1. The van der Waals surface area contributed by atoms with Gasteiger partial charge in [0.25, 0.3) is 0 Å². The molecule has 4 heteroatoms. The average Bonchev–Trinajstić information content (AvgIpc) is 2.47. The summed E-state index contributed by atoms with van der Waals surface area (Å²) < 4.78 is 2.38. The minimum atomic E-state index is 0.621. The van der Waals surface area contributed by atoms with Crippen molar-refractivity contribution in [2.24, 2.45) is 7.05 Å². The van der Waals surface area contributed by atoms with Crippen LogP contribution in [0.4, 0.5) is 0 Å². The van der Waals surface area contributed by atoms with Crippen LogP contribution in [0.15, 0.2) is 29.0 Å². The molecule has 1 aromatic carbocycles. The molecule has 72 valence electrons. The molecule has 3 nitrogen and oxygen atoms in total. The number of nitrogens with zero attached hydrogens (tertiary/aromatic N) is 3. The van der Waals surface area contributed by atoms with E-state index in [0.717, 1.165) is 11.4 Å². The Morgan fingerprint density at radius 2 is 1.86 bits per heavy atom. The number of aromatic nitrogens is 3. The highest BCUT2D eigenvalue weighted by molar-refractivity contribution is 9.10. The molecule has 0 N–H and O–H groups in total. The lowest BCUT2D eigenvalue weighted by Crippen LogP contribution is -1.94. The average molecular weight is 252 g/mol. The van der Waals surface area contributed by atoms with Gasteiger partial charge in [0.2, 0.25) is 4.73 Å². The van der Waals surface area contributed by atoms with Gasteiger partial charge >= 0.3 is 0 Å². The van der Waals surface area contributed by atoms with E-state index in [1.165, 1.54) is 5.56 Å². The summed E-state index contributed by atoms with van der Waals surface area (Å²) in [5, 5.41) is 4.13. The first-order valence-electron chi connectivity index (χ1n) is 4.30. The molecule has 0 aliphatic rings. The normalized spacial score (nSPS) is 10.5. The third-order valence-electron chi connectivity index (χ3n) is 2.05. The maximum Gasteiger partial charge on any atom is 0.217 e. The fourth-order valence-corrected chi connectivity index (χ4v) is 1.71. The van der Waals surface area contributed by atoms with Gasteiger partial charge < -0.3 is 0 Å². The van der Waals surface area contributed by atoms with Gasteiger partial charge in [0, 0.05) is 12.6 Å². The maximum absolute atomic E-state index is 4.28. The molecule has 0 saturated carbocycles. The Morgan fingerprint density at radius 3 is 2.36 bits per heavy atom. The summed E-state index contributed by atoms with van der Waals surface area (Å²) >= 11 is 3.25. The Balaban J connectivity index is 2.49. The third-order valence-corrected chi connectivity index (χ3v) is 2.38. The fraction of sp³-hybridized carbons (Fsp3) is 0.200. The van der Waals surface area contributed by atoms with Crippen molar-refractivity contribution < 1.29 is 0 Å². The Labute approximate surface area is 90.9 Å². The van der Waals surface area contributed by atoms with Gasteiger partial charge in [0.05, 0.1) is 0 Å². The van der Waals surface area contributed by atoms with E-state index in [0.29, 0.717) is 4.73 Å². The first-order valence-corrected chi connectivity index (χ1v) is 5.09. The van der Waals surface area contributed by atoms with Crippen LogP contribution in [-0.4, -0.2) is 14.8 Å². The van der Waals surface area contributed by atoms with Crippen LogP contribution in [0.1, 0.15) is 5.56 Å². The second-order valence-electron chi connectivity index (χ2n) is 3.19. The van der Waals surface area contributed by atoms with Gasteiger partial charge in [0.15, 0.2) is 5.82 Å². The smallest absolute Gasteiger partial charge is 0.217 e. The number of hydrogen-bond donors (Lipinski definition) is 0. The van der Waals surface area contributed by atoms with Gasteiger partial charge in [-0.3, -0.25) is 0 Å². The summed E-state index contributed by atoms with van der Waals surface area (Å²) in [7, 11) is 1.88. The number of benzene rings is 1. The quantitative estimate of drug-likeness (QED) is 0.780. The second-order valence-corrected chi connectivity index (χ2v) is 3.90. The zero-order valence-corrected chi connectivity index (χ0v) is 9.62. The molecule has 0 saturated heterocycles. The summed E-state index contributed by atoms with van der Waals surface area (Å²) in [5.74, 6) is 0.872. The largest absolute Gasteiger partial charge is 0.248 e. The molecule has 0 aliphatic carbocycles. The van der Waals surface area contributed by atoms with Crippen molar-refractivity contribution in [2.75, 3.05) is 0 Å². The minimum Gasteiger partial charge on any atom is -0.248 e. The van der Waals surface area contributed by atoms with Crippen LogP contribution in [0, 0.1) is 6.92 Å². The molecule has 1 aromatic heterocycles. The summed E-state index contributed by atoms with van der Waals surface area (Å²) in [5.41, 5.74) is 2.33. The summed E-state index contributed by atoms with van der Waals surface area (Å²) in [6, 6.07) is 8.23. The Bertz CT molecular complexity index is 445. The lowest BCUT2D eigenvalue weighted by Gasteiger charge is -1.99. The molecular formula is C10H10BrN3. The summed E-state index contributed by atoms with van der Waals surface area (Å²) in [4.78, 5) is 4.28. The van der Waals surface area contributed by atoms with Gasteiger partial charge in [-0.15, -0.1) is 5.10 Å². The van der Waals surface area contributed by atoms with Gasteiger partial charge in [-0.25, -0.2) is 9.67 Å². The number of halogens is 1. The molecule has 0 bridgehead atoms. The molecule has 14 heavy (non-hydrogen) atoms. The van der Waals surface area contributed by atoms with Crippen molar-refractivity contribution in [1.82, 2.24) is 14.8 Å². The summed E-state index contributed by atoms with van der Waals surface area (Å²) in [6.07, 6.45) is 0. The van der Waals surface area contributed by atoms with E-state index in [2.05, 4.69) is 45.1 Å². The second kappa shape index (κ2) is 3.53. The van der Waals surface area contributed by atoms with Crippen molar-refractivity contribution in [2.45, 2.75) is 6.92 Å². The highest BCUT2D eigenvalue weighted by Crippen LogP contribution is 2.18. The Morgan fingerprint density at radius 1 is 1.21 bits per heavy atom. The highest BCUT2D eigenvalue weighted by atomic mass is 79.9. The van der Waals surface area contributed by atoms with Gasteiger partial charge in [-0.2, -0.15) is 0 Å². The molecule has 2 aromatic rings. The predicted octanol–water partition coefficient (Wildman–Crippen LogP) is 2.55. The van der Waals surface area contributed by atoms with E-state index in [4.69, 9.17) is 0 Å². The maximum atomic E-state index is 4.28. The van der Waals surface area contributed by atoms with Crippen LogP contribution in [0.2, 0.25) is 0 Å². The molecule has 1 heterocycles. The van der Waals surface area contributed by atoms with Crippen LogP contribution in [0.5, 0.6) is 0 Å². The summed E-state index contributed by atoms with van der Waals surface area (Å²) in [6.45, 7) is 2.07. The molecule has 0 atom stereocenters. The molecule has 0 unspecified atom stereocenters. The van der Waals surface area contributed by atoms with Crippen LogP contribution in [0.3, 0.4) is 0 Å². The van der Waals surface area contributed by atoms with Gasteiger partial charge in [-0.05, 0) is 22.9 Å². The molecule has 2 rings (SSSR count). The number of hydrogen-bond acceptors (Lipinski definition) is 2. The van der Waals surface area contributed by atoms with Crippen molar-refractivity contribution in [3.8, 4) is 11.4 Å². The molecule has 0 aliphatic heterocycles. The van der Waals surface area contributed by atoms with Gasteiger partial charge in [-0.1, -0.05) is 29.8 Å².